The second kappa shape index (κ2) is 7.63. The molecule has 0 aromatic heterocycles. The summed E-state index contributed by atoms with van der Waals surface area (Å²) in [6, 6.07) is 11.0. The molecule has 2 rings (SSSR count). The largest absolute Gasteiger partial charge is 0.395 e. The number of rotatable bonds is 6. The lowest BCUT2D eigenvalue weighted by atomic mass is 9.92. The maximum absolute atomic E-state index is 9.55. The van der Waals surface area contributed by atoms with E-state index in [9.17, 15) is 5.11 Å². The standard InChI is InChI=1S/C16H25NO2/c1-19-16-9-5-8-14(11-16)17-15(12-18)10-13-6-3-2-4-7-13/h2-4,6-7,14-18H,5,8-12H2,1H3/t14?,15-,16?/m1/s1. The highest BCUT2D eigenvalue weighted by Crippen LogP contribution is 2.21. The van der Waals surface area contributed by atoms with Gasteiger partial charge in [-0.3, -0.25) is 0 Å². The maximum Gasteiger partial charge on any atom is 0.0587 e. The van der Waals surface area contributed by atoms with Crippen LogP contribution in [0.5, 0.6) is 0 Å². The summed E-state index contributed by atoms with van der Waals surface area (Å²) in [6.45, 7) is 0.184. The molecule has 1 aliphatic carbocycles. The Hall–Kier alpha value is -0.900. The monoisotopic (exact) mass is 263 g/mol. The zero-order chi connectivity index (χ0) is 13.5. The summed E-state index contributed by atoms with van der Waals surface area (Å²) in [6.07, 6.45) is 5.87. The minimum absolute atomic E-state index is 0.142. The average Bonchev–Trinajstić information content (AvgIpc) is 2.48. The van der Waals surface area contributed by atoms with E-state index >= 15 is 0 Å². The lowest BCUT2D eigenvalue weighted by molar-refractivity contribution is 0.0550. The lowest BCUT2D eigenvalue weighted by Gasteiger charge is -2.31. The molecule has 2 N–H and O–H groups in total. The van der Waals surface area contributed by atoms with E-state index in [1.807, 2.05) is 18.2 Å². The number of methoxy groups -OCH3 is 1. The number of hydrogen-bond donors (Lipinski definition) is 2. The Balaban J connectivity index is 1.85. The number of nitrogens with one attached hydrogen (secondary N) is 1. The van der Waals surface area contributed by atoms with Crippen LogP contribution < -0.4 is 5.32 Å². The second-order valence-corrected chi connectivity index (χ2v) is 5.46. The van der Waals surface area contributed by atoms with Crippen LogP contribution in [-0.2, 0) is 11.2 Å². The summed E-state index contributed by atoms with van der Waals surface area (Å²) in [5, 5.41) is 13.1. The average molecular weight is 263 g/mol. The molecule has 0 amide bonds. The molecule has 0 radical (unpaired) electrons. The summed E-state index contributed by atoms with van der Waals surface area (Å²) >= 11 is 0. The van der Waals surface area contributed by atoms with Gasteiger partial charge in [0.2, 0.25) is 0 Å². The first-order chi connectivity index (χ1) is 9.31. The van der Waals surface area contributed by atoms with Gasteiger partial charge in [-0.1, -0.05) is 30.3 Å². The molecule has 1 aliphatic rings. The molecule has 1 aromatic rings. The Morgan fingerprint density at radius 1 is 1.32 bits per heavy atom. The first-order valence-corrected chi connectivity index (χ1v) is 7.25. The van der Waals surface area contributed by atoms with Crippen LogP contribution in [-0.4, -0.2) is 37.0 Å². The van der Waals surface area contributed by atoms with E-state index in [4.69, 9.17) is 4.74 Å². The summed E-state index contributed by atoms with van der Waals surface area (Å²) in [5.74, 6) is 0. The molecular weight excluding hydrogens is 238 g/mol. The predicted molar refractivity (Wildman–Crippen MR) is 77.2 cm³/mol. The molecule has 0 heterocycles. The van der Waals surface area contributed by atoms with Gasteiger partial charge in [0.25, 0.3) is 0 Å². The molecule has 2 unspecified atom stereocenters. The highest BCUT2D eigenvalue weighted by atomic mass is 16.5. The van der Waals surface area contributed by atoms with E-state index < -0.39 is 0 Å². The van der Waals surface area contributed by atoms with Gasteiger partial charge in [0.15, 0.2) is 0 Å². The van der Waals surface area contributed by atoms with Crippen molar-refractivity contribution in [1.82, 2.24) is 5.32 Å². The molecule has 19 heavy (non-hydrogen) atoms. The van der Waals surface area contributed by atoms with Crippen molar-refractivity contribution < 1.29 is 9.84 Å². The van der Waals surface area contributed by atoms with Crippen molar-refractivity contribution in [2.24, 2.45) is 0 Å². The van der Waals surface area contributed by atoms with Gasteiger partial charge in [0.1, 0.15) is 0 Å². The van der Waals surface area contributed by atoms with Crippen LogP contribution in [0.1, 0.15) is 31.2 Å². The zero-order valence-electron chi connectivity index (χ0n) is 11.7. The van der Waals surface area contributed by atoms with Crippen molar-refractivity contribution in [2.75, 3.05) is 13.7 Å². The third-order valence-electron chi connectivity index (χ3n) is 3.98. The molecule has 3 nitrogen and oxygen atoms in total. The van der Waals surface area contributed by atoms with Crippen LogP contribution in [0.15, 0.2) is 30.3 Å². The highest BCUT2D eigenvalue weighted by Gasteiger charge is 2.23. The maximum atomic E-state index is 9.55. The molecule has 1 fully saturated rings. The van der Waals surface area contributed by atoms with Crippen LogP contribution in [0.3, 0.4) is 0 Å². The van der Waals surface area contributed by atoms with Gasteiger partial charge >= 0.3 is 0 Å². The third-order valence-corrected chi connectivity index (χ3v) is 3.98. The highest BCUT2D eigenvalue weighted by molar-refractivity contribution is 5.16. The van der Waals surface area contributed by atoms with Crippen molar-refractivity contribution in [1.29, 1.82) is 0 Å². The van der Waals surface area contributed by atoms with Gasteiger partial charge in [-0.15, -0.1) is 0 Å². The summed E-state index contributed by atoms with van der Waals surface area (Å²) in [4.78, 5) is 0. The van der Waals surface area contributed by atoms with E-state index in [-0.39, 0.29) is 12.6 Å². The topological polar surface area (TPSA) is 41.5 Å². The molecule has 1 saturated carbocycles. The van der Waals surface area contributed by atoms with E-state index in [1.54, 1.807) is 7.11 Å². The molecular formula is C16H25NO2. The molecule has 106 valence electrons. The molecule has 0 saturated heterocycles. The minimum Gasteiger partial charge on any atom is -0.395 e. The van der Waals surface area contributed by atoms with Crippen molar-refractivity contribution in [3.63, 3.8) is 0 Å². The van der Waals surface area contributed by atoms with Crippen LogP contribution >= 0.6 is 0 Å². The predicted octanol–water partition coefficient (Wildman–Crippen LogP) is 2.14. The number of aliphatic hydroxyl groups is 1. The quantitative estimate of drug-likeness (QED) is 0.826. The first-order valence-electron chi connectivity index (χ1n) is 7.25. The van der Waals surface area contributed by atoms with Gasteiger partial charge in [-0.2, -0.15) is 0 Å². The van der Waals surface area contributed by atoms with Gasteiger partial charge in [0, 0.05) is 19.2 Å². The number of hydrogen-bond acceptors (Lipinski definition) is 3. The second-order valence-electron chi connectivity index (χ2n) is 5.46. The van der Waals surface area contributed by atoms with Crippen molar-refractivity contribution in [2.45, 2.75) is 50.3 Å². The van der Waals surface area contributed by atoms with E-state index in [2.05, 4.69) is 17.4 Å². The molecule has 3 heteroatoms. The van der Waals surface area contributed by atoms with Crippen LogP contribution in [0.2, 0.25) is 0 Å². The van der Waals surface area contributed by atoms with E-state index in [0.29, 0.717) is 12.1 Å². The Morgan fingerprint density at radius 3 is 2.79 bits per heavy atom. The van der Waals surface area contributed by atoms with Crippen LogP contribution in [0, 0.1) is 0 Å². The fraction of sp³-hybridized carbons (Fsp3) is 0.625. The van der Waals surface area contributed by atoms with Gasteiger partial charge in [-0.25, -0.2) is 0 Å². The Bertz CT molecular complexity index is 355. The summed E-state index contributed by atoms with van der Waals surface area (Å²) in [7, 11) is 1.79. The molecule has 3 atom stereocenters. The molecule has 0 spiro atoms. The SMILES string of the molecule is COC1CCCC(N[C@@H](CO)Cc2ccccc2)C1. The minimum atomic E-state index is 0.142. The third kappa shape index (κ3) is 4.60. The summed E-state index contributed by atoms with van der Waals surface area (Å²) in [5.41, 5.74) is 1.27. The molecule has 0 bridgehead atoms. The van der Waals surface area contributed by atoms with Crippen molar-refractivity contribution in [3.8, 4) is 0 Å². The fourth-order valence-electron chi connectivity index (χ4n) is 2.92. The Morgan fingerprint density at radius 2 is 2.11 bits per heavy atom. The molecule has 1 aromatic carbocycles. The smallest absolute Gasteiger partial charge is 0.0587 e. The fourth-order valence-corrected chi connectivity index (χ4v) is 2.92. The van der Waals surface area contributed by atoms with Crippen LogP contribution in [0.25, 0.3) is 0 Å². The Labute approximate surface area is 116 Å². The zero-order valence-corrected chi connectivity index (χ0v) is 11.7. The summed E-state index contributed by atoms with van der Waals surface area (Å²) < 4.78 is 5.45. The van der Waals surface area contributed by atoms with Crippen molar-refractivity contribution >= 4 is 0 Å². The number of benzene rings is 1. The van der Waals surface area contributed by atoms with Gasteiger partial charge in [-0.05, 0) is 37.7 Å². The van der Waals surface area contributed by atoms with Crippen LogP contribution in [0.4, 0.5) is 0 Å². The van der Waals surface area contributed by atoms with Gasteiger partial charge in [0.05, 0.1) is 12.7 Å². The van der Waals surface area contributed by atoms with E-state index in [0.717, 1.165) is 19.3 Å². The van der Waals surface area contributed by atoms with E-state index in [1.165, 1.54) is 18.4 Å². The normalized spacial score (nSPS) is 25.2. The van der Waals surface area contributed by atoms with Gasteiger partial charge < -0.3 is 15.2 Å². The first kappa shape index (κ1) is 14.5. The van der Waals surface area contributed by atoms with Crippen molar-refractivity contribution in [3.05, 3.63) is 35.9 Å². The number of aliphatic hydroxyl groups excluding tert-OH is 1. The molecule has 0 aliphatic heterocycles. The lowest BCUT2D eigenvalue weighted by Crippen LogP contribution is -2.45. The Kier molecular flexibility index (Phi) is 5.83. The number of ether oxygens (including phenoxy) is 1.